The number of nitrogens with zero attached hydrogens (tertiary/aromatic N) is 2. The minimum atomic E-state index is -0.360. The molecule has 4 heteroatoms. The Morgan fingerprint density at radius 2 is 1.62 bits per heavy atom. The molecular formula is C25H30N2O2. The van der Waals surface area contributed by atoms with Gasteiger partial charge in [0.15, 0.2) is 5.78 Å². The van der Waals surface area contributed by atoms with Gasteiger partial charge < -0.3 is 4.90 Å². The van der Waals surface area contributed by atoms with Crippen molar-refractivity contribution in [1.82, 2.24) is 9.80 Å². The van der Waals surface area contributed by atoms with Crippen molar-refractivity contribution in [3.63, 3.8) is 0 Å². The molecule has 0 spiro atoms. The van der Waals surface area contributed by atoms with Crippen molar-refractivity contribution < 1.29 is 9.59 Å². The minimum absolute atomic E-state index is 0.0856. The van der Waals surface area contributed by atoms with Gasteiger partial charge in [-0.05, 0) is 39.2 Å². The number of carbonyl (C=O) groups excluding carboxylic acids is 2. The zero-order valence-electron chi connectivity index (χ0n) is 17.6. The molecule has 1 amide bonds. The molecule has 29 heavy (non-hydrogen) atoms. The molecule has 0 N–H and O–H groups in total. The number of hydrogen-bond donors (Lipinski definition) is 0. The van der Waals surface area contributed by atoms with E-state index in [0.717, 1.165) is 31.5 Å². The second-order valence-electron chi connectivity index (χ2n) is 9.07. The minimum Gasteiger partial charge on any atom is -0.321 e. The number of Topliss-reactive ketones (excluding diaryl/α,β-unsaturated/α-hetero) is 1. The van der Waals surface area contributed by atoms with Gasteiger partial charge in [-0.25, -0.2) is 0 Å². The van der Waals surface area contributed by atoms with E-state index in [1.54, 1.807) is 0 Å². The Morgan fingerprint density at radius 3 is 2.24 bits per heavy atom. The topological polar surface area (TPSA) is 40.6 Å². The van der Waals surface area contributed by atoms with E-state index in [0.29, 0.717) is 6.67 Å². The van der Waals surface area contributed by atoms with Crippen molar-refractivity contribution in [1.29, 1.82) is 0 Å². The van der Waals surface area contributed by atoms with Crippen LogP contribution in [0.3, 0.4) is 0 Å². The molecule has 1 unspecified atom stereocenters. The molecule has 2 heterocycles. The summed E-state index contributed by atoms with van der Waals surface area (Å²) in [4.78, 5) is 29.9. The van der Waals surface area contributed by atoms with E-state index in [1.165, 1.54) is 11.1 Å². The molecule has 0 radical (unpaired) electrons. The first-order valence-electron chi connectivity index (χ1n) is 10.6. The summed E-state index contributed by atoms with van der Waals surface area (Å²) in [5, 5.41) is 0. The van der Waals surface area contributed by atoms with Crippen LogP contribution in [0.2, 0.25) is 0 Å². The highest BCUT2D eigenvalue weighted by atomic mass is 16.2. The third kappa shape index (κ3) is 3.74. The Kier molecular flexibility index (Phi) is 5.30. The predicted molar refractivity (Wildman–Crippen MR) is 114 cm³/mol. The van der Waals surface area contributed by atoms with Gasteiger partial charge in [0.2, 0.25) is 5.91 Å². The van der Waals surface area contributed by atoms with Crippen LogP contribution in [0.25, 0.3) is 0 Å². The number of amides is 1. The maximum Gasteiger partial charge on any atom is 0.232 e. The van der Waals surface area contributed by atoms with Crippen LogP contribution in [0.15, 0.2) is 54.6 Å². The lowest BCUT2D eigenvalue weighted by molar-refractivity contribution is -0.174. The number of carbonyl (C=O) groups is 2. The lowest BCUT2D eigenvalue weighted by Gasteiger charge is -2.54. The lowest BCUT2D eigenvalue weighted by atomic mass is 9.71. The fourth-order valence-corrected chi connectivity index (χ4v) is 4.81. The molecule has 4 nitrogen and oxygen atoms in total. The summed E-state index contributed by atoms with van der Waals surface area (Å²) in [6, 6.07) is 18.3. The van der Waals surface area contributed by atoms with E-state index in [9.17, 15) is 9.59 Å². The number of likely N-dealkylation sites (tertiary alicyclic amines) is 2. The van der Waals surface area contributed by atoms with E-state index < -0.39 is 0 Å². The van der Waals surface area contributed by atoms with E-state index >= 15 is 0 Å². The zero-order valence-corrected chi connectivity index (χ0v) is 17.6. The van der Waals surface area contributed by atoms with Gasteiger partial charge in [0, 0.05) is 24.6 Å². The predicted octanol–water partition coefficient (Wildman–Crippen LogP) is 4.46. The van der Waals surface area contributed by atoms with Crippen molar-refractivity contribution in [2.75, 3.05) is 19.8 Å². The standard InChI is InChI=1S/C25H30N2O2/c1-18-9-11-19(12-10-18)22(28)20-13-15-26(16-14-20)17-27-23(25(2,3)24(27)29)21-7-5-4-6-8-21/h4-12,20,23H,13-17H2,1-3H3. The SMILES string of the molecule is Cc1ccc(C(=O)C2CCN(CN3C(=O)C(C)(C)C3c3ccccc3)CC2)cc1. The Balaban J connectivity index is 1.37. The summed E-state index contributed by atoms with van der Waals surface area (Å²) in [6.07, 6.45) is 1.71. The number of ketones is 1. The molecule has 0 aliphatic carbocycles. The van der Waals surface area contributed by atoms with Crippen LogP contribution in [-0.4, -0.2) is 41.2 Å². The maximum atomic E-state index is 12.8. The quantitative estimate of drug-likeness (QED) is 0.559. The van der Waals surface area contributed by atoms with Crippen molar-refractivity contribution >= 4 is 11.7 Å². The van der Waals surface area contributed by atoms with Crippen LogP contribution < -0.4 is 0 Å². The van der Waals surface area contributed by atoms with Crippen molar-refractivity contribution in [3.8, 4) is 0 Å². The Labute approximate surface area is 173 Å². The molecule has 2 aromatic rings. The van der Waals surface area contributed by atoms with Crippen molar-refractivity contribution in [2.24, 2.45) is 11.3 Å². The number of rotatable bonds is 5. The number of benzene rings is 2. The second kappa shape index (κ2) is 7.75. The van der Waals surface area contributed by atoms with Crippen LogP contribution in [0.4, 0.5) is 0 Å². The molecule has 2 aromatic carbocycles. The molecule has 0 saturated carbocycles. The van der Waals surface area contributed by atoms with E-state index in [-0.39, 0.29) is 29.1 Å². The van der Waals surface area contributed by atoms with Gasteiger partial charge in [0.1, 0.15) is 0 Å². The summed E-state index contributed by atoms with van der Waals surface area (Å²) < 4.78 is 0. The molecule has 152 valence electrons. The molecule has 2 aliphatic heterocycles. The van der Waals surface area contributed by atoms with E-state index in [4.69, 9.17) is 0 Å². The van der Waals surface area contributed by atoms with Gasteiger partial charge in [-0.1, -0.05) is 60.2 Å². The number of aryl methyl sites for hydroxylation is 1. The molecule has 1 atom stereocenters. The van der Waals surface area contributed by atoms with Crippen molar-refractivity contribution in [2.45, 2.75) is 39.7 Å². The summed E-state index contributed by atoms with van der Waals surface area (Å²) >= 11 is 0. The van der Waals surface area contributed by atoms with Crippen LogP contribution in [0, 0.1) is 18.3 Å². The Bertz CT molecular complexity index is 881. The van der Waals surface area contributed by atoms with Crippen LogP contribution in [-0.2, 0) is 4.79 Å². The zero-order chi connectivity index (χ0) is 20.6. The third-order valence-corrected chi connectivity index (χ3v) is 6.57. The molecule has 4 rings (SSSR count). The fourth-order valence-electron chi connectivity index (χ4n) is 4.81. The Morgan fingerprint density at radius 1 is 1.00 bits per heavy atom. The average Bonchev–Trinajstić information content (AvgIpc) is 2.74. The van der Waals surface area contributed by atoms with E-state index in [2.05, 4.69) is 17.0 Å². The average molecular weight is 391 g/mol. The molecule has 2 saturated heterocycles. The molecule has 2 fully saturated rings. The number of piperidine rings is 1. The van der Waals surface area contributed by atoms with Crippen LogP contribution in [0.1, 0.15) is 54.2 Å². The summed E-state index contributed by atoms with van der Waals surface area (Å²) in [7, 11) is 0. The first-order valence-corrected chi connectivity index (χ1v) is 10.6. The maximum absolute atomic E-state index is 12.8. The molecular weight excluding hydrogens is 360 g/mol. The lowest BCUT2D eigenvalue weighted by Crippen LogP contribution is -2.63. The smallest absolute Gasteiger partial charge is 0.232 e. The highest BCUT2D eigenvalue weighted by Gasteiger charge is 2.54. The van der Waals surface area contributed by atoms with Gasteiger partial charge in [-0.2, -0.15) is 0 Å². The summed E-state index contributed by atoms with van der Waals surface area (Å²) in [5.41, 5.74) is 2.83. The van der Waals surface area contributed by atoms with Gasteiger partial charge in [0.25, 0.3) is 0 Å². The first-order chi connectivity index (χ1) is 13.9. The number of β-lactam (4-membered cyclic amide) rings is 1. The highest BCUT2D eigenvalue weighted by molar-refractivity contribution is 5.98. The van der Waals surface area contributed by atoms with Crippen molar-refractivity contribution in [3.05, 3.63) is 71.3 Å². The van der Waals surface area contributed by atoms with E-state index in [1.807, 2.05) is 68.1 Å². The van der Waals surface area contributed by atoms with Crippen LogP contribution in [0.5, 0.6) is 0 Å². The Hall–Kier alpha value is -2.46. The molecule has 0 aromatic heterocycles. The highest BCUT2D eigenvalue weighted by Crippen LogP contribution is 2.49. The fraction of sp³-hybridized carbons (Fsp3) is 0.440. The monoisotopic (exact) mass is 390 g/mol. The van der Waals surface area contributed by atoms with Gasteiger partial charge in [0.05, 0.1) is 18.1 Å². The summed E-state index contributed by atoms with van der Waals surface area (Å²) in [6.45, 7) is 8.47. The largest absolute Gasteiger partial charge is 0.321 e. The molecule has 0 bridgehead atoms. The second-order valence-corrected chi connectivity index (χ2v) is 9.07. The summed E-state index contributed by atoms with van der Waals surface area (Å²) in [5.74, 6) is 0.555. The molecule has 2 aliphatic rings. The third-order valence-electron chi connectivity index (χ3n) is 6.57. The van der Waals surface area contributed by atoms with Gasteiger partial charge >= 0.3 is 0 Å². The first kappa shape index (κ1) is 19.8. The number of hydrogen-bond acceptors (Lipinski definition) is 3. The van der Waals surface area contributed by atoms with Gasteiger partial charge in [-0.15, -0.1) is 0 Å². The van der Waals surface area contributed by atoms with Crippen LogP contribution >= 0.6 is 0 Å². The van der Waals surface area contributed by atoms with Gasteiger partial charge in [-0.3, -0.25) is 14.5 Å². The normalized spacial score (nSPS) is 22.4.